The Morgan fingerprint density at radius 3 is 2.75 bits per heavy atom. The van der Waals surface area contributed by atoms with Gasteiger partial charge in [-0.1, -0.05) is 13.8 Å². The lowest BCUT2D eigenvalue weighted by Crippen LogP contribution is -2.38. The van der Waals surface area contributed by atoms with E-state index in [1.807, 2.05) is 31.9 Å². The summed E-state index contributed by atoms with van der Waals surface area (Å²) in [6, 6.07) is 6.63. The molecule has 0 aliphatic carbocycles. The SMILES string of the molecule is CC(C)c1cc(F)cc(-c2ccnc(C#N)c2)c1NC(=O)NS(=O)(=O)CC1CCN(C)C1. The van der Waals surface area contributed by atoms with Gasteiger partial charge in [0.1, 0.15) is 17.6 Å². The third-order valence-electron chi connectivity index (χ3n) is 5.37. The van der Waals surface area contributed by atoms with Gasteiger partial charge in [0.25, 0.3) is 0 Å². The number of sulfonamides is 1. The fraction of sp³-hybridized carbons (Fsp3) is 0.409. The van der Waals surface area contributed by atoms with Crippen molar-refractivity contribution >= 4 is 21.7 Å². The minimum atomic E-state index is -3.85. The van der Waals surface area contributed by atoms with E-state index < -0.39 is 21.9 Å². The number of nitrogens with zero attached hydrogens (tertiary/aromatic N) is 3. The molecule has 1 aliphatic rings. The Labute approximate surface area is 187 Å². The molecular formula is C22H26FN5O3S. The van der Waals surface area contributed by atoms with E-state index in [1.165, 1.54) is 24.4 Å². The third kappa shape index (κ3) is 5.81. The van der Waals surface area contributed by atoms with E-state index in [9.17, 15) is 17.6 Å². The average Bonchev–Trinajstić information content (AvgIpc) is 3.12. The number of nitriles is 1. The number of urea groups is 1. The molecule has 1 atom stereocenters. The van der Waals surface area contributed by atoms with Crippen molar-refractivity contribution in [2.45, 2.75) is 26.2 Å². The number of aromatic nitrogens is 1. The first-order valence-corrected chi connectivity index (χ1v) is 11.9. The Hall–Kier alpha value is -3.03. The molecule has 1 saturated heterocycles. The van der Waals surface area contributed by atoms with Crippen LogP contribution in [0.4, 0.5) is 14.9 Å². The van der Waals surface area contributed by atoms with Crippen LogP contribution < -0.4 is 10.0 Å². The molecule has 10 heteroatoms. The fourth-order valence-corrected chi connectivity index (χ4v) is 5.21. The second-order valence-corrected chi connectivity index (χ2v) is 10.1. The molecule has 0 saturated carbocycles. The van der Waals surface area contributed by atoms with Crippen LogP contribution in [0, 0.1) is 23.1 Å². The zero-order chi connectivity index (χ0) is 23.5. The molecule has 8 nitrogen and oxygen atoms in total. The predicted octanol–water partition coefficient (Wildman–Crippen LogP) is 3.29. The van der Waals surface area contributed by atoms with Crippen molar-refractivity contribution in [3.63, 3.8) is 0 Å². The van der Waals surface area contributed by atoms with Crippen molar-refractivity contribution in [3.8, 4) is 17.2 Å². The maximum Gasteiger partial charge on any atom is 0.332 e. The highest BCUT2D eigenvalue weighted by Gasteiger charge is 2.27. The van der Waals surface area contributed by atoms with Crippen LogP contribution in [0.15, 0.2) is 30.5 Å². The Bertz CT molecular complexity index is 1160. The van der Waals surface area contributed by atoms with Gasteiger partial charge in [0.05, 0.1) is 11.4 Å². The highest BCUT2D eigenvalue weighted by Crippen LogP contribution is 2.36. The number of benzene rings is 1. The van der Waals surface area contributed by atoms with E-state index in [0.29, 0.717) is 23.2 Å². The smallest absolute Gasteiger partial charge is 0.306 e. The van der Waals surface area contributed by atoms with Crippen LogP contribution in [-0.4, -0.2) is 50.2 Å². The summed E-state index contributed by atoms with van der Waals surface area (Å²) in [7, 11) is -1.93. The number of anilines is 1. The van der Waals surface area contributed by atoms with Crippen LogP contribution >= 0.6 is 0 Å². The minimum absolute atomic E-state index is 0.0425. The van der Waals surface area contributed by atoms with Crippen LogP contribution in [0.25, 0.3) is 11.1 Å². The van der Waals surface area contributed by atoms with E-state index in [2.05, 4.69) is 15.0 Å². The summed E-state index contributed by atoms with van der Waals surface area (Å²) in [5, 5.41) is 11.7. The molecule has 2 heterocycles. The molecular weight excluding hydrogens is 433 g/mol. The summed E-state index contributed by atoms with van der Waals surface area (Å²) in [5.41, 5.74) is 1.73. The molecule has 2 amide bonds. The second kappa shape index (κ2) is 9.63. The zero-order valence-corrected chi connectivity index (χ0v) is 19.0. The van der Waals surface area contributed by atoms with Gasteiger partial charge < -0.3 is 10.2 Å². The second-order valence-electron chi connectivity index (χ2n) is 8.37. The van der Waals surface area contributed by atoms with Crippen LogP contribution in [0.1, 0.15) is 37.4 Å². The number of likely N-dealkylation sites (tertiary alicyclic amines) is 1. The van der Waals surface area contributed by atoms with Crippen LogP contribution in [0.5, 0.6) is 0 Å². The highest BCUT2D eigenvalue weighted by molar-refractivity contribution is 7.90. The Morgan fingerprint density at radius 2 is 2.12 bits per heavy atom. The summed E-state index contributed by atoms with van der Waals surface area (Å²) in [4.78, 5) is 18.6. The van der Waals surface area contributed by atoms with Gasteiger partial charge in [-0.05, 0) is 67.2 Å². The summed E-state index contributed by atoms with van der Waals surface area (Å²) >= 11 is 0. The van der Waals surface area contributed by atoms with E-state index in [0.717, 1.165) is 13.0 Å². The van der Waals surface area contributed by atoms with E-state index >= 15 is 0 Å². The number of amides is 2. The first-order valence-electron chi connectivity index (χ1n) is 10.3. The lowest BCUT2D eigenvalue weighted by atomic mass is 9.94. The highest BCUT2D eigenvalue weighted by atomic mass is 32.2. The lowest BCUT2D eigenvalue weighted by Gasteiger charge is -2.19. The lowest BCUT2D eigenvalue weighted by molar-refractivity contribution is 0.256. The monoisotopic (exact) mass is 459 g/mol. The molecule has 0 spiro atoms. The van der Waals surface area contributed by atoms with Gasteiger partial charge in [0.2, 0.25) is 10.0 Å². The molecule has 170 valence electrons. The maximum atomic E-state index is 14.4. The van der Waals surface area contributed by atoms with Crippen LogP contribution in [0.3, 0.4) is 0 Å². The molecule has 1 aromatic carbocycles. The summed E-state index contributed by atoms with van der Waals surface area (Å²) in [6.07, 6.45) is 2.17. The van der Waals surface area contributed by atoms with Crippen molar-refractivity contribution in [1.82, 2.24) is 14.6 Å². The molecule has 0 bridgehead atoms. The first-order chi connectivity index (χ1) is 15.1. The van der Waals surface area contributed by atoms with Gasteiger partial charge >= 0.3 is 6.03 Å². The van der Waals surface area contributed by atoms with Crippen molar-refractivity contribution < 1.29 is 17.6 Å². The maximum absolute atomic E-state index is 14.4. The predicted molar refractivity (Wildman–Crippen MR) is 120 cm³/mol. The summed E-state index contributed by atoms with van der Waals surface area (Å²) < 4.78 is 41.5. The summed E-state index contributed by atoms with van der Waals surface area (Å²) in [6.45, 7) is 5.15. The number of hydrogen-bond donors (Lipinski definition) is 2. The standard InChI is InChI=1S/C22H26FN5O3S/c1-14(2)19-9-17(23)10-20(16-4-6-25-18(8-16)11-24)21(19)26-22(29)27-32(30,31)13-15-5-7-28(3)12-15/h4,6,8-10,14-15H,5,7,12-13H2,1-3H3,(H2,26,27,29). The molecule has 2 aromatic rings. The molecule has 32 heavy (non-hydrogen) atoms. The number of rotatable bonds is 6. The van der Waals surface area contributed by atoms with Crippen molar-refractivity contribution in [3.05, 3.63) is 47.5 Å². The number of nitrogens with one attached hydrogen (secondary N) is 2. The van der Waals surface area contributed by atoms with Gasteiger partial charge in [-0.2, -0.15) is 5.26 Å². The molecule has 1 fully saturated rings. The van der Waals surface area contributed by atoms with Crippen LogP contribution in [-0.2, 0) is 10.0 Å². The Balaban J connectivity index is 1.90. The Morgan fingerprint density at radius 1 is 1.38 bits per heavy atom. The van der Waals surface area contributed by atoms with Crippen molar-refractivity contribution in [2.24, 2.45) is 5.92 Å². The average molecular weight is 460 g/mol. The quantitative estimate of drug-likeness (QED) is 0.685. The van der Waals surface area contributed by atoms with E-state index in [4.69, 9.17) is 5.26 Å². The first kappa shape index (κ1) is 23.6. The number of pyridine rings is 1. The van der Waals surface area contributed by atoms with Crippen LogP contribution in [0.2, 0.25) is 0 Å². The van der Waals surface area contributed by atoms with Gasteiger partial charge in [-0.25, -0.2) is 27.3 Å². The number of halogens is 1. The topological polar surface area (TPSA) is 115 Å². The van der Waals surface area contributed by atoms with Gasteiger partial charge in [0, 0.05) is 18.3 Å². The molecule has 2 N–H and O–H groups in total. The van der Waals surface area contributed by atoms with Crippen molar-refractivity contribution in [2.75, 3.05) is 31.2 Å². The molecule has 1 aliphatic heterocycles. The van der Waals surface area contributed by atoms with Gasteiger partial charge in [-0.3, -0.25) is 0 Å². The summed E-state index contributed by atoms with van der Waals surface area (Å²) in [5.74, 6) is -0.863. The van der Waals surface area contributed by atoms with Crippen molar-refractivity contribution in [1.29, 1.82) is 5.26 Å². The largest absolute Gasteiger partial charge is 0.332 e. The number of hydrogen-bond acceptors (Lipinski definition) is 6. The molecule has 0 radical (unpaired) electrons. The normalized spacial score (nSPS) is 16.7. The minimum Gasteiger partial charge on any atom is -0.306 e. The molecule has 3 rings (SSSR count). The molecule has 1 unspecified atom stereocenters. The number of carbonyl (C=O) groups excluding carboxylic acids is 1. The zero-order valence-electron chi connectivity index (χ0n) is 18.2. The van der Waals surface area contributed by atoms with Gasteiger partial charge in [0.15, 0.2) is 0 Å². The molecule has 1 aromatic heterocycles. The van der Waals surface area contributed by atoms with E-state index in [-0.39, 0.29) is 29.0 Å². The van der Waals surface area contributed by atoms with E-state index in [1.54, 1.807) is 6.07 Å². The fourth-order valence-electron chi connectivity index (χ4n) is 3.90. The Kier molecular flexibility index (Phi) is 7.11. The van der Waals surface area contributed by atoms with Gasteiger partial charge in [-0.15, -0.1) is 0 Å². The number of carbonyl (C=O) groups is 1. The third-order valence-corrected chi connectivity index (χ3v) is 6.78.